The maximum atomic E-state index is 4.44. The summed E-state index contributed by atoms with van der Waals surface area (Å²) in [6, 6.07) is 24.5. The van der Waals surface area contributed by atoms with E-state index in [9.17, 15) is 0 Å². The monoisotopic (exact) mass is 303 g/mol. The zero-order valence-corrected chi connectivity index (χ0v) is 12.6. The van der Waals surface area contributed by atoms with Crippen LogP contribution in [0.3, 0.4) is 0 Å². The van der Waals surface area contributed by atoms with Gasteiger partial charge in [0.15, 0.2) is 11.6 Å². The molecule has 0 N–H and O–H groups in total. The van der Waals surface area contributed by atoms with Crippen molar-refractivity contribution in [3.05, 3.63) is 78.2 Å². The Kier molecular flexibility index (Phi) is 3.29. The Labute approximate surface area is 132 Å². The van der Waals surface area contributed by atoms with E-state index in [1.165, 1.54) is 0 Å². The second-order valence-corrected chi connectivity index (χ2v) is 5.81. The summed E-state index contributed by atoms with van der Waals surface area (Å²) in [5.41, 5.74) is 2.12. The fourth-order valence-corrected chi connectivity index (χ4v) is 3.14. The summed E-state index contributed by atoms with van der Waals surface area (Å²) < 4.78 is 2.11. The van der Waals surface area contributed by atoms with Gasteiger partial charge in [-0.1, -0.05) is 54.6 Å². The van der Waals surface area contributed by atoms with Gasteiger partial charge >= 0.3 is 0 Å². The van der Waals surface area contributed by atoms with Crippen molar-refractivity contribution in [1.82, 2.24) is 14.8 Å². The lowest BCUT2D eigenvalue weighted by molar-refractivity contribution is 1.08. The van der Waals surface area contributed by atoms with Crippen LogP contribution in [0.15, 0.2) is 78.2 Å². The Hall–Kier alpha value is -2.72. The highest BCUT2D eigenvalue weighted by Gasteiger charge is 2.17. The number of benzene rings is 2. The minimum absolute atomic E-state index is 0.857. The molecule has 0 spiro atoms. The van der Waals surface area contributed by atoms with Gasteiger partial charge in [0.1, 0.15) is 0 Å². The molecular formula is C18H13N3S. The second-order valence-electron chi connectivity index (χ2n) is 4.86. The van der Waals surface area contributed by atoms with E-state index < -0.39 is 0 Å². The highest BCUT2D eigenvalue weighted by molar-refractivity contribution is 7.13. The van der Waals surface area contributed by atoms with E-state index in [1.54, 1.807) is 11.3 Å². The van der Waals surface area contributed by atoms with E-state index in [1.807, 2.05) is 42.5 Å². The zero-order valence-electron chi connectivity index (χ0n) is 11.8. The van der Waals surface area contributed by atoms with Gasteiger partial charge in [0.05, 0.1) is 4.88 Å². The third kappa shape index (κ3) is 2.23. The van der Waals surface area contributed by atoms with Gasteiger partial charge in [-0.3, -0.25) is 4.57 Å². The first-order valence-electron chi connectivity index (χ1n) is 7.03. The SMILES string of the molecule is c1ccc(-c2nnc(-c3cccs3)n2-c2ccccc2)cc1. The number of thiophene rings is 1. The maximum Gasteiger partial charge on any atom is 0.178 e. The largest absolute Gasteiger partial charge is 0.274 e. The molecule has 0 amide bonds. The van der Waals surface area contributed by atoms with E-state index in [0.29, 0.717) is 0 Å². The van der Waals surface area contributed by atoms with Gasteiger partial charge in [0.25, 0.3) is 0 Å². The van der Waals surface area contributed by atoms with Crippen molar-refractivity contribution in [3.63, 3.8) is 0 Å². The first kappa shape index (κ1) is 13.0. The maximum absolute atomic E-state index is 4.44. The van der Waals surface area contributed by atoms with Crippen molar-refractivity contribution in [3.8, 4) is 27.8 Å². The molecule has 0 aliphatic rings. The average Bonchev–Trinajstić information content (AvgIpc) is 3.25. The van der Waals surface area contributed by atoms with Crippen molar-refractivity contribution in [2.45, 2.75) is 0 Å². The van der Waals surface area contributed by atoms with Crippen LogP contribution in [-0.2, 0) is 0 Å². The molecule has 0 aliphatic carbocycles. The lowest BCUT2D eigenvalue weighted by Gasteiger charge is -2.09. The minimum atomic E-state index is 0.857. The Balaban J connectivity index is 1.97. The minimum Gasteiger partial charge on any atom is -0.274 e. The molecule has 0 saturated heterocycles. The third-order valence-corrected chi connectivity index (χ3v) is 4.32. The number of hydrogen-bond donors (Lipinski definition) is 0. The number of aromatic nitrogens is 3. The van der Waals surface area contributed by atoms with Crippen LogP contribution in [0.1, 0.15) is 0 Å². The van der Waals surface area contributed by atoms with Crippen molar-refractivity contribution in [2.75, 3.05) is 0 Å². The zero-order chi connectivity index (χ0) is 14.8. The van der Waals surface area contributed by atoms with E-state index in [2.05, 4.69) is 50.5 Å². The van der Waals surface area contributed by atoms with Crippen LogP contribution in [0.2, 0.25) is 0 Å². The molecule has 22 heavy (non-hydrogen) atoms. The fraction of sp³-hybridized carbons (Fsp3) is 0. The predicted octanol–water partition coefficient (Wildman–Crippen LogP) is 4.66. The van der Waals surface area contributed by atoms with Gasteiger partial charge in [0.2, 0.25) is 0 Å². The van der Waals surface area contributed by atoms with Crippen molar-refractivity contribution in [2.24, 2.45) is 0 Å². The molecule has 0 atom stereocenters. The fourth-order valence-electron chi connectivity index (χ4n) is 2.45. The topological polar surface area (TPSA) is 30.7 Å². The Bertz CT molecular complexity index is 865. The van der Waals surface area contributed by atoms with Crippen LogP contribution < -0.4 is 0 Å². The van der Waals surface area contributed by atoms with E-state index in [0.717, 1.165) is 27.8 Å². The smallest absolute Gasteiger partial charge is 0.178 e. The summed E-state index contributed by atoms with van der Waals surface area (Å²) >= 11 is 1.67. The van der Waals surface area contributed by atoms with Crippen molar-refractivity contribution < 1.29 is 0 Å². The van der Waals surface area contributed by atoms with Crippen molar-refractivity contribution >= 4 is 11.3 Å². The lowest BCUT2D eigenvalue weighted by atomic mass is 10.2. The molecule has 0 fully saturated rings. The highest BCUT2D eigenvalue weighted by Crippen LogP contribution is 2.30. The number of rotatable bonds is 3. The average molecular weight is 303 g/mol. The number of para-hydroxylation sites is 1. The lowest BCUT2D eigenvalue weighted by Crippen LogP contribution is -1.99. The molecule has 0 unspecified atom stereocenters. The quantitative estimate of drug-likeness (QED) is 0.551. The van der Waals surface area contributed by atoms with E-state index in [-0.39, 0.29) is 0 Å². The molecule has 4 heteroatoms. The molecule has 3 nitrogen and oxygen atoms in total. The van der Waals surface area contributed by atoms with Gasteiger partial charge in [-0.15, -0.1) is 21.5 Å². The van der Waals surface area contributed by atoms with Crippen molar-refractivity contribution in [1.29, 1.82) is 0 Å². The molecule has 2 heterocycles. The Morgan fingerprint density at radius 2 is 1.36 bits per heavy atom. The Morgan fingerprint density at radius 1 is 0.682 bits per heavy atom. The van der Waals surface area contributed by atoms with E-state index >= 15 is 0 Å². The third-order valence-electron chi connectivity index (χ3n) is 3.45. The van der Waals surface area contributed by atoms with Crippen LogP contribution in [0.25, 0.3) is 27.8 Å². The van der Waals surface area contributed by atoms with Crippen LogP contribution in [-0.4, -0.2) is 14.8 Å². The van der Waals surface area contributed by atoms with Crippen LogP contribution in [0, 0.1) is 0 Å². The molecule has 0 radical (unpaired) electrons. The van der Waals surface area contributed by atoms with E-state index in [4.69, 9.17) is 0 Å². The molecule has 106 valence electrons. The van der Waals surface area contributed by atoms with Gasteiger partial charge in [-0.25, -0.2) is 0 Å². The van der Waals surface area contributed by atoms with Gasteiger partial charge in [0, 0.05) is 11.3 Å². The first-order valence-corrected chi connectivity index (χ1v) is 7.91. The van der Waals surface area contributed by atoms with Crippen LogP contribution in [0.4, 0.5) is 0 Å². The van der Waals surface area contributed by atoms with Crippen LogP contribution >= 0.6 is 11.3 Å². The number of nitrogens with zero attached hydrogens (tertiary/aromatic N) is 3. The number of hydrogen-bond acceptors (Lipinski definition) is 3. The summed E-state index contributed by atoms with van der Waals surface area (Å²) in [6.45, 7) is 0. The molecule has 0 saturated carbocycles. The normalized spacial score (nSPS) is 10.7. The molecule has 4 rings (SSSR count). The van der Waals surface area contributed by atoms with Gasteiger partial charge in [-0.05, 0) is 23.6 Å². The molecule has 2 aromatic carbocycles. The summed E-state index contributed by atoms with van der Waals surface area (Å²) in [7, 11) is 0. The molecule has 2 aromatic heterocycles. The standard InChI is InChI=1S/C18H13N3S/c1-3-8-14(9-4-1)17-19-20-18(16-12-7-13-22-16)21(17)15-10-5-2-6-11-15/h1-13H. The predicted molar refractivity (Wildman–Crippen MR) is 90.1 cm³/mol. The first-order chi connectivity index (χ1) is 10.9. The summed E-state index contributed by atoms with van der Waals surface area (Å²) in [5.74, 6) is 1.73. The molecule has 4 aromatic rings. The molecule has 0 aliphatic heterocycles. The summed E-state index contributed by atoms with van der Waals surface area (Å²) in [5, 5.41) is 10.9. The molecular weight excluding hydrogens is 290 g/mol. The van der Waals surface area contributed by atoms with Gasteiger partial charge in [-0.2, -0.15) is 0 Å². The summed E-state index contributed by atoms with van der Waals surface area (Å²) in [4.78, 5) is 1.11. The van der Waals surface area contributed by atoms with Gasteiger partial charge < -0.3 is 0 Å². The summed E-state index contributed by atoms with van der Waals surface area (Å²) in [6.07, 6.45) is 0. The Morgan fingerprint density at radius 3 is 2.05 bits per heavy atom. The van der Waals surface area contributed by atoms with Crippen LogP contribution in [0.5, 0.6) is 0 Å². The highest BCUT2D eigenvalue weighted by atomic mass is 32.1. The second kappa shape index (κ2) is 5.58. The molecule has 0 bridgehead atoms.